The van der Waals surface area contributed by atoms with Crippen molar-refractivity contribution < 1.29 is 41.4 Å². The molecule has 2 aromatic carbocycles. The summed E-state index contributed by atoms with van der Waals surface area (Å²) in [6.07, 6.45) is -4.28. The number of aryl methyl sites for hydroxylation is 1. The van der Waals surface area contributed by atoms with Crippen LogP contribution in [0, 0.1) is 6.92 Å². The fraction of sp³-hybridized carbons (Fsp3) is 0.379. The van der Waals surface area contributed by atoms with Crippen LogP contribution >= 0.6 is 0 Å². The van der Waals surface area contributed by atoms with Crippen LogP contribution in [0.5, 0.6) is 11.5 Å². The van der Waals surface area contributed by atoms with Gasteiger partial charge < -0.3 is 33.7 Å². The Labute approximate surface area is 235 Å². The molecular weight excluding hydrogens is 543 g/mol. The van der Waals surface area contributed by atoms with Gasteiger partial charge in [-0.25, -0.2) is 4.79 Å². The van der Waals surface area contributed by atoms with E-state index in [1.165, 1.54) is 28.0 Å². The van der Waals surface area contributed by atoms with Crippen molar-refractivity contribution >= 4 is 17.6 Å². The smallest absolute Gasteiger partial charge is 0.418 e. The molecule has 41 heavy (non-hydrogen) atoms. The van der Waals surface area contributed by atoms with E-state index in [0.717, 1.165) is 11.6 Å². The molecule has 1 aromatic heterocycles. The number of fused-ring (bicyclic) bond motifs is 1. The minimum atomic E-state index is -4.66. The molecule has 0 aliphatic carbocycles. The van der Waals surface area contributed by atoms with E-state index in [0.29, 0.717) is 42.7 Å². The number of ether oxygens (including phenoxy) is 3. The summed E-state index contributed by atoms with van der Waals surface area (Å²) < 4.78 is 62.5. The number of amides is 3. The van der Waals surface area contributed by atoms with Crippen LogP contribution in [0.15, 0.2) is 59.0 Å². The first-order valence-electron chi connectivity index (χ1n) is 13.2. The zero-order chi connectivity index (χ0) is 29.4. The van der Waals surface area contributed by atoms with Crippen molar-refractivity contribution in [2.45, 2.75) is 39.5 Å². The van der Waals surface area contributed by atoms with E-state index >= 15 is 0 Å². The van der Waals surface area contributed by atoms with Gasteiger partial charge in [0.2, 0.25) is 12.7 Å². The predicted molar refractivity (Wildman–Crippen MR) is 143 cm³/mol. The van der Waals surface area contributed by atoms with Crippen LogP contribution < -0.4 is 14.8 Å². The van der Waals surface area contributed by atoms with Crippen LogP contribution in [0.1, 0.15) is 36.0 Å². The van der Waals surface area contributed by atoms with Gasteiger partial charge in [-0.05, 0) is 62.2 Å². The van der Waals surface area contributed by atoms with Crippen molar-refractivity contribution in [3.05, 3.63) is 77.2 Å². The van der Waals surface area contributed by atoms with E-state index in [2.05, 4.69) is 5.32 Å². The maximum atomic E-state index is 13.7. The molecule has 3 aromatic rings. The van der Waals surface area contributed by atoms with E-state index in [4.69, 9.17) is 18.6 Å². The minimum absolute atomic E-state index is 0.0868. The number of furan rings is 1. The number of nitrogens with zero attached hydrogens (tertiary/aromatic N) is 2. The first-order valence-corrected chi connectivity index (χ1v) is 13.2. The molecular formula is C29H32F3N3O6. The van der Waals surface area contributed by atoms with Gasteiger partial charge in [-0.2, -0.15) is 13.2 Å². The maximum absolute atomic E-state index is 13.7. The van der Waals surface area contributed by atoms with Crippen molar-refractivity contribution in [2.24, 2.45) is 0 Å². The molecule has 1 N–H and O–H groups in total. The fourth-order valence-electron chi connectivity index (χ4n) is 4.30. The first-order chi connectivity index (χ1) is 19.6. The molecule has 9 nitrogen and oxygen atoms in total. The van der Waals surface area contributed by atoms with Crippen molar-refractivity contribution in [2.75, 3.05) is 38.4 Å². The molecule has 0 radical (unpaired) electrons. The Morgan fingerprint density at radius 2 is 1.78 bits per heavy atom. The average molecular weight is 576 g/mol. The first kappa shape index (κ1) is 29.8. The normalized spacial score (nSPS) is 12.3. The second-order valence-electron chi connectivity index (χ2n) is 9.40. The summed E-state index contributed by atoms with van der Waals surface area (Å²) in [7, 11) is 0. The molecule has 0 saturated heterocycles. The SMILES string of the molecule is CCOCCCN(CC(=O)N(Cc1ccc2c(c1)OCO2)Cc1ccc(C)o1)C(=O)Nc1ccccc1C(F)(F)F. The molecule has 0 bridgehead atoms. The Balaban J connectivity index is 1.54. The molecule has 0 fully saturated rings. The molecule has 12 heteroatoms. The zero-order valence-electron chi connectivity index (χ0n) is 22.8. The molecule has 4 rings (SSSR count). The third-order valence-electron chi connectivity index (χ3n) is 6.31. The lowest BCUT2D eigenvalue weighted by Crippen LogP contribution is -2.44. The number of para-hydroxylation sites is 1. The van der Waals surface area contributed by atoms with E-state index in [-0.39, 0.29) is 33.0 Å². The summed E-state index contributed by atoms with van der Waals surface area (Å²) in [5.41, 5.74) is -0.612. The third-order valence-corrected chi connectivity index (χ3v) is 6.31. The van der Waals surface area contributed by atoms with E-state index in [1.54, 1.807) is 31.2 Å². The molecule has 3 amide bonds. The number of halogens is 3. The van der Waals surface area contributed by atoms with Gasteiger partial charge in [-0.15, -0.1) is 0 Å². The summed E-state index contributed by atoms with van der Waals surface area (Å²) in [5.74, 6) is 1.96. The van der Waals surface area contributed by atoms with E-state index < -0.39 is 29.4 Å². The largest absolute Gasteiger partial charge is 0.464 e. The summed E-state index contributed by atoms with van der Waals surface area (Å²) in [6.45, 7) is 4.50. The van der Waals surface area contributed by atoms with Gasteiger partial charge in [0, 0.05) is 26.3 Å². The van der Waals surface area contributed by atoms with Gasteiger partial charge in [0.15, 0.2) is 11.5 Å². The van der Waals surface area contributed by atoms with Gasteiger partial charge in [-0.3, -0.25) is 4.79 Å². The number of urea groups is 1. The quantitative estimate of drug-likeness (QED) is 0.274. The van der Waals surface area contributed by atoms with Gasteiger partial charge in [0.05, 0.1) is 17.8 Å². The predicted octanol–water partition coefficient (Wildman–Crippen LogP) is 5.83. The minimum Gasteiger partial charge on any atom is -0.464 e. The van der Waals surface area contributed by atoms with Gasteiger partial charge in [0.1, 0.15) is 18.1 Å². The number of rotatable bonds is 12. The van der Waals surface area contributed by atoms with Crippen LogP contribution in [0.4, 0.5) is 23.7 Å². The molecule has 2 heterocycles. The van der Waals surface area contributed by atoms with Crippen molar-refractivity contribution in [3.63, 3.8) is 0 Å². The summed E-state index contributed by atoms with van der Waals surface area (Å²) in [4.78, 5) is 29.6. The number of benzene rings is 2. The zero-order valence-corrected chi connectivity index (χ0v) is 22.8. The third kappa shape index (κ3) is 8.16. The Bertz CT molecular complexity index is 1340. The van der Waals surface area contributed by atoms with E-state index in [9.17, 15) is 22.8 Å². The van der Waals surface area contributed by atoms with Crippen LogP contribution in [-0.4, -0.2) is 54.8 Å². The Kier molecular flexibility index (Phi) is 9.77. The Morgan fingerprint density at radius 3 is 2.51 bits per heavy atom. The van der Waals surface area contributed by atoms with Crippen LogP contribution in [0.2, 0.25) is 0 Å². The summed E-state index contributed by atoms with van der Waals surface area (Å²) >= 11 is 0. The Morgan fingerprint density at radius 1 is 1.00 bits per heavy atom. The van der Waals surface area contributed by atoms with Crippen molar-refractivity contribution in [1.29, 1.82) is 0 Å². The number of anilines is 1. The van der Waals surface area contributed by atoms with Crippen LogP contribution in [0.25, 0.3) is 0 Å². The molecule has 0 atom stereocenters. The van der Waals surface area contributed by atoms with Crippen molar-refractivity contribution in [3.8, 4) is 11.5 Å². The fourth-order valence-corrected chi connectivity index (χ4v) is 4.30. The highest BCUT2D eigenvalue weighted by molar-refractivity contribution is 5.93. The lowest BCUT2D eigenvalue weighted by molar-refractivity contribution is -0.137. The lowest BCUT2D eigenvalue weighted by Gasteiger charge is -2.28. The second-order valence-corrected chi connectivity index (χ2v) is 9.40. The average Bonchev–Trinajstić information content (AvgIpc) is 3.57. The molecule has 0 spiro atoms. The monoisotopic (exact) mass is 575 g/mol. The second kappa shape index (κ2) is 13.4. The highest BCUT2D eigenvalue weighted by Crippen LogP contribution is 2.35. The number of carbonyl (C=O) groups is 2. The number of carbonyl (C=O) groups excluding carboxylic acids is 2. The molecule has 1 aliphatic rings. The lowest BCUT2D eigenvalue weighted by atomic mass is 10.1. The maximum Gasteiger partial charge on any atom is 0.418 e. The van der Waals surface area contributed by atoms with E-state index in [1.807, 2.05) is 13.0 Å². The van der Waals surface area contributed by atoms with Gasteiger partial charge in [-0.1, -0.05) is 18.2 Å². The number of alkyl halides is 3. The molecule has 1 aliphatic heterocycles. The number of hydrogen-bond donors (Lipinski definition) is 1. The summed E-state index contributed by atoms with van der Waals surface area (Å²) in [6, 6.07) is 12.7. The highest BCUT2D eigenvalue weighted by Gasteiger charge is 2.34. The topological polar surface area (TPSA) is 93.5 Å². The number of nitrogens with one attached hydrogen (secondary N) is 1. The number of hydrogen-bond acceptors (Lipinski definition) is 6. The molecule has 0 saturated carbocycles. The summed E-state index contributed by atoms with van der Waals surface area (Å²) in [5, 5.41) is 2.34. The highest BCUT2D eigenvalue weighted by atomic mass is 19.4. The molecule has 0 unspecified atom stereocenters. The molecule has 220 valence electrons. The van der Waals surface area contributed by atoms with Gasteiger partial charge >= 0.3 is 12.2 Å². The Hall–Kier alpha value is -4.19. The van der Waals surface area contributed by atoms with Crippen LogP contribution in [-0.2, 0) is 28.8 Å². The van der Waals surface area contributed by atoms with Gasteiger partial charge in [0.25, 0.3) is 0 Å². The van der Waals surface area contributed by atoms with Crippen LogP contribution in [0.3, 0.4) is 0 Å². The standard InChI is InChI=1S/C29H32F3N3O6/c1-3-38-14-6-13-34(28(37)33-24-8-5-4-7-23(24)29(30,31)32)18-27(36)35(17-22-11-9-20(2)41-22)16-21-10-12-25-26(15-21)40-19-39-25/h4-5,7-12,15H,3,6,13-14,16-19H2,1-2H3,(H,33,37). The van der Waals surface area contributed by atoms with Crippen molar-refractivity contribution in [1.82, 2.24) is 9.80 Å².